The number of amides is 1. The van der Waals surface area contributed by atoms with Crippen LogP contribution in [0.5, 0.6) is 0 Å². The SMILES string of the molecule is CCS(=O)(=O)c1ccccc1C(=O)O[C@@H](C)C(=O)NCc1ccccc1Cl. The van der Waals surface area contributed by atoms with Gasteiger partial charge in [0.25, 0.3) is 5.91 Å². The fourth-order valence-corrected chi connectivity index (χ4v) is 3.59. The fraction of sp³-hybridized carbons (Fsp3) is 0.263. The summed E-state index contributed by atoms with van der Waals surface area (Å²) in [4.78, 5) is 24.5. The Balaban J connectivity index is 2.06. The summed E-state index contributed by atoms with van der Waals surface area (Å²) in [6, 6.07) is 12.8. The molecule has 0 saturated heterocycles. The summed E-state index contributed by atoms with van der Waals surface area (Å²) < 4.78 is 29.4. The van der Waals surface area contributed by atoms with E-state index in [1.54, 1.807) is 24.3 Å². The van der Waals surface area contributed by atoms with Crippen LogP contribution in [0.3, 0.4) is 0 Å². The molecule has 0 unspecified atom stereocenters. The highest BCUT2D eigenvalue weighted by molar-refractivity contribution is 7.91. The second kappa shape index (κ2) is 9.01. The lowest BCUT2D eigenvalue weighted by Gasteiger charge is -2.15. The molecule has 1 atom stereocenters. The van der Waals surface area contributed by atoms with Crippen LogP contribution in [0, 0.1) is 0 Å². The molecule has 0 aliphatic rings. The molecule has 2 aromatic rings. The van der Waals surface area contributed by atoms with Crippen molar-refractivity contribution in [3.05, 3.63) is 64.7 Å². The van der Waals surface area contributed by atoms with Gasteiger partial charge in [-0.1, -0.05) is 48.9 Å². The highest BCUT2D eigenvalue weighted by Gasteiger charge is 2.25. The molecule has 0 saturated carbocycles. The molecule has 2 rings (SSSR count). The van der Waals surface area contributed by atoms with Crippen LogP contribution in [0.25, 0.3) is 0 Å². The van der Waals surface area contributed by atoms with Crippen molar-refractivity contribution in [3.63, 3.8) is 0 Å². The van der Waals surface area contributed by atoms with Crippen molar-refractivity contribution in [1.82, 2.24) is 5.32 Å². The minimum absolute atomic E-state index is 0.0925. The number of hydrogen-bond donors (Lipinski definition) is 1. The van der Waals surface area contributed by atoms with E-state index in [4.69, 9.17) is 16.3 Å². The number of ether oxygens (including phenoxy) is 1. The van der Waals surface area contributed by atoms with Crippen molar-refractivity contribution in [2.24, 2.45) is 0 Å². The van der Waals surface area contributed by atoms with Gasteiger partial charge in [0.05, 0.1) is 16.2 Å². The largest absolute Gasteiger partial charge is 0.449 e. The van der Waals surface area contributed by atoms with Crippen molar-refractivity contribution < 1.29 is 22.7 Å². The van der Waals surface area contributed by atoms with Crippen LogP contribution in [0.4, 0.5) is 0 Å². The van der Waals surface area contributed by atoms with Gasteiger partial charge >= 0.3 is 5.97 Å². The highest BCUT2D eigenvalue weighted by atomic mass is 35.5. The first-order valence-electron chi connectivity index (χ1n) is 8.30. The summed E-state index contributed by atoms with van der Waals surface area (Å²) >= 11 is 6.03. The maximum Gasteiger partial charge on any atom is 0.340 e. The molecule has 0 heterocycles. The number of halogens is 1. The highest BCUT2D eigenvalue weighted by Crippen LogP contribution is 2.19. The van der Waals surface area contributed by atoms with Crippen molar-refractivity contribution in [2.75, 3.05) is 5.75 Å². The fourth-order valence-electron chi connectivity index (χ4n) is 2.31. The second-order valence-electron chi connectivity index (χ2n) is 5.76. The minimum atomic E-state index is -3.60. The van der Waals surface area contributed by atoms with Gasteiger partial charge < -0.3 is 10.1 Å². The molecule has 0 spiro atoms. The Morgan fingerprint density at radius 1 is 1.11 bits per heavy atom. The van der Waals surface area contributed by atoms with Gasteiger partial charge in [-0.3, -0.25) is 4.79 Å². The van der Waals surface area contributed by atoms with Crippen LogP contribution in [-0.2, 0) is 25.9 Å². The van der Waals surface area contributed by atoms with Crippen LogP contribution in [0.15, 0.2) is 53.4 Å². The molecule has 0 aliphatic carbocycles. The van der Waals surface area contributed by atoms with E-state index >= 15 is 0 Å². The maximum atomic E-state index is 12.4. The molecule has 0 aromatic heterocycles. The van der Waals surface area contributed by atoms with E-state index in [0.29, 0.717) is 5.02 Å². The number of sulfone groups is 1. The average molecular weight is 410 g/mol. The van der Waals surface area contributed by atoms with Gasteiger partial charge in [0.15, 0.2) is 15.9 Å². The number of benzene rings is 2. The zero-order valence-corrected chi connectivity index (χ0v) is 16.5. The van der Waals surface area contributed by atoms with Gasteiger partial charge in [0.1, 0.15) is 0 Å². The normalized spacial score (nSPS) is 12.3. The van der Waals surface area contributed by atoms with Crippen molar-refractivity contribution in [2.45, 2.75) is 31.4 Å². The first kappa shape index (κ1) is 20.9. The molecule has 2 aromatic carbocycles. The Labute approximate surface area is 163 Å². The summed E-state index contributed by atoms with van der Waals surface area (Å²) in [5.41, 5.74) is 0.635. The zero-order chi connectivity index (χ0) is 20.0. The van der Waals surface area contributed by atoms with Gasteiger partial charge in [0, 0.05) is 11.6 Å². The van der Waals surface area contributed by atoms with Gasteiger partial charge in [-0.25, -0.2) is 13.2 Å². The molecule has 27 heavy (non-hydrogen) atoms. The van der Waals surface area contributed by atoms with Gasteiger partial charge in [-0.15, -0.1) is 0 Å². The standard InChI is InChI=1S/C19H20ClNO5S/c1-3-27(24,25)17-11-7-5-9-15(17)19(23)26-13(2)18(22)21-12-14-8-4-6-10-16(14)20/h4-11,13H,3,12H2,1-2H3,(H,21,22)/t13-/m0/s1. The molecule has 8 heteroatoms. The van der Waals surface area contributed by atoms with Crippen LogP contribution < -0.4 is 5.32 Å². The summed E-state index contributed by atoms with van der Waals surface area (Å²) in [7, 11) is -3.60. The quantitative estimate of drug-likeness (QED) is 0.710. The predicted molar refractivity (Wildman–Crippen MR) is 102 cm³/mol. The first-order valence-corrected chi connectivity index (χ1v) is 10.3. The van der Waals surface area contributed by atoms with E-state index in [9.17, 15) is 18.0 Å². The van der Waals surface area contributed by atoms with E-state index in [2.05, 4.69) is 5.32 Å². The van der Waals surface area contributed by atoms with Crippen LogP contribution in [0.1, 0.15) is 29.8 Å². The Bertz CT molecular complexity index is 943. The molecule has 1 N–H and O–H groups in total. The van der Waals surface area contributed by atoms with E-state index in [0.717, 1.165) is 5.56 Å². The second-order valence-corrected chi connectivity index (χ2v) is 8.41. The van der Waals surface area contributed by atoms with Crippen molar-refractivity contribution >= 4 is 33.3 Å². The molecule has 144 valence electrons. The van der Waals surface area contributed by atoms with E-state index in [1.807, 2.05) is 0 Å². The molecule has 0 fully saturated rings. The van der Waals surface area contributed by atoms with E-state index in [1.165, 1.54) is 38.1 Å². The Morgan fingerprint density at radius 2 is 1.74 bits per heavy atom. The number of nitrogens with one attached hydrogen (secondary N) is 1. The van der Waals surface area contributed by atoms with Crippen molar-refractivity contribution in [3.8, 4) is 0 Å². The lowest BCUT2D eigenvalue weighted by molar-refractivity contribution is -0.129. The Hall–Kier alpha value is -2.38. The minimum Gasteiger partial charge on any atom is -0.449 e. The predicted octanol–water partition coefficient (Wildman–Crippen LogP) is 3.00. The van der Waals surface area contributed by atoms with Crippen LogP contribution >= 0.6 is 11.6 Å². The van der Waals surface area contributed by atoms with Gasteiger partial charge in [-0.05, 0) is 30.7 Å². The number of esters is 1. The number of carbonyl (C=O) groups is 2. The number of rotatable bonds is 7. The van der Waals surface area contributed by atoms with E-state index in [-0.39, 0.29) is 22.8 Å². The summed E-state index contributed by atoms with van der Waals surface area (Å²) in [5, 5.41) is 3.15. The number of hydrogen-bond acceptors (Lipinski definition) is 5. The van der Waals surface area contributed by atoms with Gasteiger partial charge in [-0.2, -0.15) is 0 Å². The lowest BCUT2D eigenvalue weighted by Crippen LogP contribution is -2.35. The molecule has 6 nitrogen and oxygen atoms in total. The summed E-state index contributed by atoms with van der Waals surface area (Å²) in [6.07, 6.45) is -1.10. The Kier molecular flexibility index (Phi) is 6.98. The topological polar surface area (TPSA) is 89.5 Å². The molecular weight excluding hydrogens is 390 g/mol. The first-order chi connectivity index (χ1) is 12.8. The average Bonchev–Trinajstić information content (AvgIpc) is 2.67. The third-order valence-electron chi connectivity index (χ3n) is 3.89. The maximum absolute atomic E-state index is 12.4. The molecule has 0 aliphatic heterocycles. The summed E-state index contributed by atoms with van der Waals surface area (Å²) in [5.74, 6) is -1.53. The molecular formula is C19H20ClNO5S. The monoisotopic (exact) mass is 409 g/mol. The third-order valence-corrected chi connectivity index (χ3v) is 6.04. The van der Waals surface area contributed by atoms with Gasteiger partial charge in [0.2, 0.25) is 0 Å². The smallest absolute Gasteiger partial charge is 0.340 e. The third kappa shape index (κ3) is 5.30. The van der Waals surface area contributed by atoms with Crippen LogP contribution in [-0.4, -0.2) is 32.2 Å². The summed E-state index contributed by atoms with van der Waals surface area (Å²) in [6.45, 7) is 3.08. The zero-order valence-electron chi connectivity index (χ0n) is 14.9. The van der Waals surface area contributed by atoms with Crippen LogP contribution in [0.2, 0.25) is 5.02 Å². The Morgan fingerprint density at radius 3 is 2.41 bits per heavy atom. The lowest BCUT2D eigenvalue weighted by atomic mass is 10.2. The molecule has 0 bridgehead atoms. The van der Waals surface area contributed by atoms with E-state index < -0.39 is 27.8 Å². The van der Waals surface area contributed by atoms with Crippen molar-refractivity contribution in [1.29, 1.82) is 0 Å². The number of carbonyl (C=O) groups excluding carboxylic acids is 2. The molecule has 1 amide bonds. The molecule has 0 radical (unpaired) electrons.